The molecule has 5 nitrogen and oxygen atoms in total. The number of carbonyl (C=O) groups is 1. The number of benzene rings is 2. The van der Waals surface area contributed by atoms with E-state index < -0.39 is 0 Å². The number of thiazole rings is 1. The Morgan fingerprint density at radius 3 is 2.77 bits per heavy atom. The standard InChI is InChI=1S/C23H20FN3O2S2/c1-29-18-6-9-20-21(13-18)31-23(26-20)27(15-16-3-2-11-25-14-16)22(28)10-12-30-19-7-4-17(24)5-8-19/h2-9,11,13-14H,10,12,15H2,1H3. The van der Waals surface area contributed by atoms with Gasteiger partial charge in [0.25, 0.3) is 0 Å². The summed E-state index contributed by atoms with van der Waals surface area (Å²) in [5.74, 6) is 1.05. The summed E-state index contributed by atoms with van der Waals surface area (Å²) in [5, 5.41) is 0.642. The number of aromatic nitrogens is 2. The van der Waals surface area contributed by atoms with E-state index in [4.69, 9.17) is 4.74 Å². The smallest absolute Gasteiger partial charge is 0.229 e. The van der Waals surface area contributed by atoms with Gasteiger partial charge < -0.3 is 4.74 Å². The predicted octanol–water partition coefficient (Wildman–Crippen LogP) is 5.55. The molecule has 0 unspecified atom stereocenters. The van der Waals surface area contributed by atoms with Gasteiger partial charge in [-0.25, -0.2) is 9.37 Å². The predicted molar refractivity (Wildman–Crippen MR) is 123 cm³/mol. The molecule has 2 aromatic heterocycles. The van der Waals surface area contributed by atoms with Crippen molar-refractivity contribution in [1.29, 1.82) is 0 Å². The molecule has 0 aliphatic carbocycles. The summed E-state index contributed by atoms with van der Waals surface area (Å²) < 4.78 is 19.3. The van der Waals surface area contributed by atoms with E-state index in [-0.39, 0.29) is 11.7 Å². The Bertz CT molecular complexity index is 1170. The molecule has 0 bridgehead atoms. The number of fused-ring (bicyclic) bond motifs is 1. The Morgan fingerprint density at radius 1 is 1.19 bits per heavy atom. The lowest BCUT2D eigenvalue weighted by atomic mass is 10.2. The maximum Gasteiger partial charge on any atom is 0.229 e. The van der Waals surface area contributed by atoms with Crippen molar-refractivity contribution in [3.63, 3.8) is 0 Å². The number of methoxy groups -OCH3 is 1. The average Bonchev–Trinajstić information content (AvgIpc) is 3.22. The maximum atomic E-state index is 13.2. The summed E-state index contributed by atoms with van der Waals surface area (Å²) in [4.78, 5) is 24.6. The highest BCUT2D eigenvalue weighted by atomic mass is 32.2. The second kappa shape index (κ2) is 9.89. The molecule has 8 heteroatoms. The number of amides is 1. The number of nitrogens with zero attached hydrogens (tertiary/aromatic N) is 3. The van der Waals surface area contributed by atoms with E-state index in [0.29, 0.717) is 23.8 Å². The highest BCUT2D eigenvalue weighted by molar-refractivity contribution is 7.99. The van der Waals surface area contributed by atoms with Crippen LogP contribution in [0, 0.1) is 5.82 Å². The first-order chi connectivity index (χ1) is 15.1. The van der Waals surface area contributed by atoms with Crippen molar-refractivity contribution >= 4 is 44.4 Å². The van der Waals surface area contributed by atoms with Gasteiger partial charge in [0.15, 0.2) is 5.13 Å². The third-order valence-electron chi connectivity index (χ3n) is 4.58. The van der Waals surface area contributed by atoms with Crippen molar-refractivity contribution in [3.05, 3.63) is 78.4 Å². The van der Waals surface area contributed by atoms with Gasteiger partial charge in [0.05, 0.1) is 23.9 Å². The van der Waals surface area contributed by atoms with Crippen LogP contribution in [-0.2, 0) is 11.3 Å². The normalized spacial score (nSPS) is 10.9. The number of rotatable bonds is 8. The van der Waals surface area contributed by atoms with Crippen LogP contribution in [0.25, 0.3) is 10.2 Å². The van der Waals surface area contributed by atoms with E-state index in [0.717, 1.165) is 26.4 Å². The molecule has 1 amide bonds. The van der Waals surface area contributed by atoms with E-state index in [1.54, 1.807) is 36.5 Å². The summed E-state index contributed by atoms with van der Waals surface area (Å²) in [6, 6.07) is 15.8. The summed E-state index contributed by atoms with van der Waals surface area (Å²) in [7, 11) is 1.63. The number of pyridine rings is 1. The van der Waals surface area contributed by atoms with Gasteiger partial charge in [-0.05, 0) is 54.1 Å². The summed E-state index contributed by atoms with van der Waals surface area (Å²) in [5.41, 5.74) is 1.75. The fraction of sp³-hybridized carbons (Fsp3) is 0.174. The molecule has 4 rings (SSSR count). The zero-order valence-electron chi connectivity index (χ0n) is 16.8. The lowest BCUT2D eigenvalue weighted by Crippen LogP contribution is -2.30. The zero-order valence-corrected chi connectivity index (χ0v) is 18.5. The number of carbonyl (C=O) groups excluding carboxylic acids is 1. The van der Waals surface area contributed by atoms with E-state index in [9.17, 15) is 9.18 Å². The summed E-state index contributed by atoms with van der Waals surface area (Å²) >= 11 is 2.99. The van der Waals surface area contributed by atoms with Crippen molar-refractivity contribution in [3.8, 4) is 5.75 Å². The molecule has 4 aromatic rings. The molecule has 0 atom stereocenters. The van der Waals surface area contributed by atoms with Gasteiger partial charge >= 0.3 is 0 Å². The van der Waals surface area contributed by atoms with E-state index in [2.05, 4.69) is 9.97 Å². The van der Waals surface area contributed by atoms with Crippen molar-refractivity contribution in [2.45, 2.75) is 17.9 Å². The van der Waals surface area contributed by atoms with Gasteiger partial charge in [-0.15, -0.1) is 11.8 Å². The van der Waals surface area contributed by atoms with Gasteiger partial charge in [-0.1, -0.05) is 17.4 Å². The molecule has 31 heavy (non-hydrogen) atoms. The number of hydrogen-bond donors (Lipinski definition) is 0. The molecule has 0 spiro atoms. The van der Waals surface area contributed by atoms with Crippen LogP contribution in [-0.4, -0.2) is 28.7 Å². The molecule has 2 aromatic carbocycles. The minimum atomic E-state index is -0.268. The Kier molecular flexibility index (Phi) is 6.79. The second-order valence-corrected chi connectivity index (χ2v) is 8.90. The van der Waals surface area contributed by atoms with E-state index in [1.165, 1.54) is 35.2 Å². The Morgan fingerprint density at radius 2 is 2.03 bits per heavy atom. The number of ether oxygens (including phenoxy) is 1. The molecule has 0 saturated heterocycles. The molecule has 0 saturated carbocycles. The maximum absolute atomic E-state index is 13.2. The van der Waals surface area contributed by atoms with Crippen molar-refractivity contribution in [2.24, 2.45) is 0 Å². The van der Waals surface area contributed by atoms with Gasteiger partial charge in [0.1, 0.15) is 11.6 Å². The zero-order chi connectivity index (χ0) is 21.6. The number of thioether (sulfide) groups is 1. The molecule has 158 valence electrons. The Hall–Kier alpha value is -2.97. The average molecular weight is 454 g/mol. The fourth-order valence-corrected chi connectivity index (χ4v) is 4.85. The number of hydrogen-bond acceptors (Lipinski definition) is 6. The molecular weight excluding hydrogens is 433 g/mol. The minimum Gasteiger partial charge on any atom is -0.497 e. The van der Waals surface area contributed by atoms with Crippen LogP contribution in [0.4, 0.5) is 9.52 Å². The van der Waals surface area contributed by atoms with Crippen LogP contribution in [0.1, 0.15) is 12.0 Å². The largest absolute Gasteiger partial charge is 0.497 e. The van der Waals surface area contributed by atoms with Gasteiger partial charge in [-0.2, -0.15) is 0 Å². The monoisotopic (exact) mass is 453 g/mol. The molecule has 0 aliphatic heterocycles. The van der Waals surface area contributed by atoms with Crippen LogP contribution in [0.5, 0.6) is 5.75 Å². The highest BCUT2D eigenvalue weighted by Crippen LogP contribution is 2.33. The summed E-state index contributed by atoms with van der Waals surface area (Å²) in [6.45, 7) is 0.394. The Labute approximate surface area is 187 Å². The third-order valence-corrected chi connectivity index (χ3v) is 6.63. The van der Waals surface area contributed by atoms with Gasteiger partial charge in [0, 0.05) is 29.5 Å². The van der Waals surface area contributed by atoms with Crippen LogP contribution in [0.2, 0.25) is 0 Å². The molecule has 0 N–H and O–H groups in total. The summed E-state index contributed by atoms with van der Waals surface area (Å²) in [6.07, 6.45) is 3.80. The van der Waals surface area contributed by atoms with E-state index >= 15 is 0 Å². The minimum absolute atomic E-state index is 0.0236. The van der Waals surface area contributed by atoms with Crippen molar-refractivity contribution < 1.29 is 13.9 Å². The van der Waals surface area contributed by atoms with Crippen LogP contribution >= 0.6 is 23.1 Å². The first-order valence-corrected chi connectivity index (χ1v) is 11.4. The van der Waals surface area contributed by atoms with Crippen molar-refractivity contribution in [1.82, 2.24) is 9.97 Å². The van der Waals surface area contributed by atoms with Crippen LogP contribution < -0.4 is 9.64 Å². The van der Waals surface area contributed by atoms with Crippen LogP contribution in [0.15, 0.2) is 71.9 Å². The molecule has 0 fully saturated rings. The SMILES string of the molecule is COc1ccc2nc(N(Cc3cccnc3)C(=O)CCSc3ccc(F)cc3)sc2c1. The first-order valence-electron chi connectivity index (χ1n) is 9.64. The molecule has 2 heterocycles. The quantitative estimate of drug-likeness (QED) is 0.327. The van der Waals surface area contributed by atoms with Gasteiger partial charge in [-0.3, -0.25) is 14.7 Å². The van der Waals surface area contributed by atoms with Crippen molar-refractivity contribution in [2.75, 3.05) is 17.8 Å². The highest BCUT2D eigenvalue weighted by Gasteiger charge is 2.20. The lowest BCUT2D eigenvalue weighted by molar-refractivity contribution is -0.118. The number of anilines is 1. The molecule has 0 radical (unpaired) electrons. The Balaban J connectivity index is 1.53. The molecular formula is C23H20FN3O2S2. The van der Waals surface area contributed by atoms with Gasteiger partial charge in [0.2, 0.25) is 5.91 Å². The number of halogens is 1. The second-order valence-electron chi connectivity index (χ2n) is 6.72. The topological polar surface area (TPSA) is 55.3 Å². The van der Waals surface area contributed by atoms with E-state index in [1.807, 2.05) is 30.3 Å². The third kappa shape index (κ3) is 5.39. The van der Waals surface area contributed by atoms with Crippen LogP contribution in [0.3, 0.4) is 0 Å². The first kappa shape index (κ1) is 21.3. The lowest BCUT2D eigenvalue weighted by Gasteiger charge is -2.20. The molecule has 0 aliphatic rings. The fourth-order valence-electron chi connectivity index (χ4n) is 2.99.